The average Bonchev–Trinajstić information content (AvgIpc) is 2.93. The molecule has 0 unspecified atom stereocenters. The molecular formula is C18H23N3O3. The molecule has 1 fully saturated rings. The predicted octanol–water partition coefficient (Wildman–Crippen LogP) is 2.02. The molecule has 0 aliphatic heterocycles. The summed E-state index contributed by atoms with van der Waals surface area (Å²) in [5, 5.41) is 16.1. The summed E-state index contributed by atoms with van der Waals surface area (Å²) < 4.78 is 2.16. The van der Waals surface area contributed by atoms with Crippen LogP contribution in [0.3, 0.4) is 0 Å². The fraction of sp³-hybridized carbons (Fsp3) is 0.444. The van der Waals surface area contributed by atoms with E-state index in [0.717, 1.165) is 30.3 Å². The van der Waals surface area contributed by atoms with Crippen molar-refractivity contribution in [3.63, 3.8) is 0 Å². The summed E-state index contributed by atoms with van der Waals surface area (Å²) >= 11 is 0. The van der Waals surface area contributed by atoms with Crippen molar-refractivity contribution in [2.24, 2.45) is 0 Å². The first-order chi connectivity index (χ1) is 11.5. The molecule has 1 aromatic carbocycles. The Morgan fingerprint density at radius 3 is 2.71 bits per heavy atom. The van der Waals surface area contributed by atoms with E-state index in [-0.39, 0.29) is 6.54 Å². The van der Waals surface area contributed by atoms with Crippen LogP contribution in [0.2, 0.25) is 0 Å². The number of aliphatic hydroxyl groups is 1. The van der Waals surface area contributed by atoms with Crippen LogP contribution in [-0.4, -0.2) is 33.6 Å². The number of aryl methyl sites for hydroxylation is 1. The van der Waals surface area contributed by atoms with Gasteiger partial charge >= 0.3 is 11.8 Å². The minimum atomic E-state index is -0.836. The number of fused-ring (bicyclic) bond motifs is 1. The Hall–Kier alpha value is -2.34. The van der Waals surface area contributed by atoms with Crippen LogP contribution in [-0.2, 0) is 16.1 Å². The molecule has 0 bridgehead atoms. The van der Waals surface area contributed by atoms with Crippen LogP contribution in [0.5, 0.6) is 0 Å². The highest BCUT2D eigenvalue weighted by atomic mass is 16.3. The Morgan fingerprint density at radius 1 is 1.25 bits per heavy atom. The van der Waals surface area contributed by atoms with Gasteiger partial charge in [0.1, 0.15) is 0 Å². The van der Waals surface area contributed by atoms with Gasteiger partial charge in [-0.05, 0) is 49.9 Å². The summed E-state index contributed by atoms with van der Waals surface area (Å²) in [6.45, 7) is 3.19. The molecular weight excluding hydrogens is 306 g/mol. The molecule has 2 aromatic rings. The lowest BCUT2D eigenvalue weighted by Crippen LogP contribution is -2.49. The van der Waals surface area contributed by atoms with Crippen LogP contribution < -0.4 is 10.6 Å². The molecule has 6 nitrogen and oxygen atoms in total. The molecule has 24 heavy (non-hydrogen) atoms. The van der Waals surface area contributed by atoms with E-state index in [9.17, 15) is 14.7 Å². The number of anilines is 1. The second-order valence-corrected chi connectivity index (χ2v) is 6.50. The van der Waals surface area contributed by atoms with Crippen LogP contribution in [0.4, 0.5) is 5.69 Å². The first-order valence-corrected chi connectivity index (χ1v) is 8.41. The summed E-state index contributed by atoms with van der Waals surface area (Å²) in [5.41, 5.74) is 0.850. The zero-order chi connectivity index (χ0) is 17.2. The molecule has 0 spiro atoms. The largest absolute Gasteiger partial charge is 0.388 e. The summed E-state index contributed by atoms with van der Waals surface area (Å²) in [6.07, 6.45) is 5.36. The van der Waals surface area contributed by atoms with Gasteiger partial charge in [-0.1, -0.05) is 6.92 Å². The Balaban J connectivity index is 1.61. The Kier molecular flexibility index (Phi) is 4.57. The van der Waals surface area contributed by atoms with Gasteiger partial charge in [-0.3, -0.25) is 9.59 Å². The second-order valence-electron chi connectivity index (χ2n) is 6.50. The molecule has 6 heteroatoms. The lowest BCUT2D eigenvalue weighted by atomic mass is 9.80. The number of amides is 2. The van der Waals surface area contributed by atoms with Crippen LogP contribution in [0.1, 0.15) is 32.6 Å². The third kappa shape index (κ3) is 3.43. The Bertz CT molecular complexity index is 762. The van der Waals surface area contributed by atoms with Gasteiger partial charge in [-0.2, -0.15) is 0 Å². The molecule has 128 valence electrons. The number of carbonyl (C=O) groups is 2. The van der Waals surface area contributed by atoms with Crippen molar-refractivity contribution in [2.45, 2.75) is 44.8 Å². The topological polar surface area (TPSA) is 83.4 Å². The molecule has 1 aliphatic carbocycles. The van der Waals surface area contributed by atoms with Crippen molar-refractivity contribution in [3.05, 3.63) is 30.5 Å². The van der Waals surface area contributed by atoms with Crippen LogP contribution in [0.15, 0.2) is 30.5 Å². The summed E-state index contributed by atoms with van der Waals surface area (Å²) in [5.74, 6) is -1.44. The maximum absolute atomic E-state index is 12.0. The van der Waals surface area contributed by atoms with E-state index in [4.69, 9.17) is 0 Å². The first kappa shape index (κ1) is 16.5. The number of rotatable bonds is 5. The van der Waals surface area contributed by atoms with Gasteiger partial charge in [0.15, 0.2) is 0 Å². The lowest BCUT2D eigenvalue weighted by molar-refractivity contribution is -0.137. The Morgan fingerprint density at radius 2 is 2.04 bits per heavy atom. The molecule has 3 rings (SSSR count). The highest BCUT2D eigenvalue weighted by Crippen LogP contribution is 2.30. The second kappa shape index (κ2) is 6.65. The van der Waals surface area contributed by atoms with Crippen molar-refractivity contribution in [2.75, 3.05) is 11.9 Å². The van der Waals surface area contributed by atoms with Crippen LogP contribution in [0.25, 0.3) is 10.9 Å². The van der Waals surface area contributed by atoms with Crippen molar-refractivity contribution in [1.29, 1.82) is 0 Å². The predicted molar refractivity (Wildman–Crippen MR) is 92.7 cm³/mol. The van der Waals surface area contributed by atoms with Crippen molar-refractivity contribution < 1.29 is 14.7 Å². The molecule has 3 N–H and O–H groups in total. The smallest absolute Gasteiger partial charge is 0.313 e. The van der Waals surface area contributed by atoms with E-state index in [1.807, 2.05) is 24.4 Å². The Labute approximate surface area is 140 Å². The van der Waals surface area contributed by atoms with E-state index in [2.05, 4.69) is 22.1 Å². The summed E-state index contributed by atoms with van der Waals surface area (Å²) in [7, 11) is 0. The normalized spacial score (nSPS) is 15.8. The van der Waals surface area contributed by atoms with E-state index in [1.54, 1.807) is 6.07 Å². The third-order valence-electron chi connectivity index (χ3n) is 4.56. The molecule has 1 saturated carbocycles. The van der Waals surface area contributed by atoms with Crippen molar-refractivity contribution in [3.8, 4) is 0 Å². The minimum Gasteiger partial charge on any atom is -0.388 e. The standard InChI is InChI=1S/C18H23N3O3/c1-2-9-21-10-6-13-11-14(4-5-15(13)21)20-17(23)16(22)19-12-18(24)7-3-8-18/h4-6,10-11,24H,2-3,7-9,12H2,1H3,(H,19,22)(H,20,23). The quantitative estimate of drug-likeness (QED) is 0.734. The average molecular weight is 329 g/mol. The summed E-state index contributed by atoms with van der Waals surface area (Å²) in [6, 6.07) is 7.58. The number of aromatic nitrogens is 1. The van der Waals surface area contributed by atoms with Gasteiger partial charge in [0.2, 0.25) is 0 Å². The number of nitrogens with one attached hydrogen (secondary N) is 2. The van der Waals surface area contributed by atoms with Crippen LogP contribution in [0, 0.1) is 0 Å². The number of hydrogen-bond donors (Lipinski definition) is 3. The molecule has 1 aliphatic rings. The number of hydrogen-bond acceptors (Lipinski definition) is 3. The van der Waals surface area contributed by atoms with Crippen molar-refractivity contribution >= 4 is 28.4 Å². The highest BCUT2D eigenvalue weighted by Gasteiger charge is 2.35. The number of nitrogens with zero attached hydrogens (tertiary/aromatic N) is 1. The van der Waals surface area contributed by atoms with E-state index < -0.39 is 17.4 Å². The van der Waals surface area contributed by atoms with E-state index in [1.165, 1.54) is 0 Å². The van der Waals surface area contributed by atoms with E-state index >= 15 is 0 Å². The fourth-order valence-electron chi connectivity index (χ4n) is 2.99. The van der Waals surface area contributed by atoms with Gasteiger partial charge in [-0.15, -0.1) is 0 Å². The first-order valence-electron chi connectivity index (χ1n) is 8.41. The lowest BCUT2D eigenvalue weighted by Gasteiger charge is -2.36. The maximum Gasteiger partial charge on any atom is 0.313 e. The number of benzene rings is 1. The third-order valence-corrected chi connectivity index (χ3v) is 4.56. The van der Waals surface area contributed by atoms with Crippen LogP contribution >= 0.6 is 0 Å². The molecule has 0 radical (unpaired) electrons. The monoisotopic (exact) mass is 329 g/mol. The van der Waals surface area contributed by atoms with Gasteiger partial charge in [-0.25, -0.2) is 0 Å². The maximum atomic E-state index is 12.0. The molecule has 1 aromatic heterocycles. The zero-order valence-corrected chi connectivity index (χ0v) is 13.8. The van der Waals surface area contributed by atoms with Crippen molar-refractivity contribution in [1.82, 2.24) is 9.88 Å². The zero-order valence-electron chi connectivity index (χ0n) is 13.8. The highest BCUT2D eigenvalue weighted by molar-refractivity contribution is 6.39. The number of carbonyl (C=O) groups excluding carboxylic acids is 2. The van der Waals surface area contributed by atoms with Gasteiger partial charge in [0, 0.05) is 35.9 Å². The molecule has 2 amide bonds. The molecule has 0 saturated heterocycles. The SMILES string of the molecule is CCCn1ccc2cc(NC(=O)C(=O)NCC3(O)CCC3)ccc21. The fourth-order valence-corrected chi connectivity index (χ4v) is 2.99. The van der Waals surface area contributed by atoms with Gasteiger partial charge < -0.3 is 20.3 Å². The van der Waals surface area contributed by atoms with E-state index in [0.29, 0.717) is 18.5 Å². The molecule has 1 heterocycles. The summed E-state index contributed by atoms with van der Waals surface area (Å²) in [4.78, 5) is 23.8. The van der Waals surface area contributed by atoms with Gasteiger partial charge in [0.25, 0.3) is 0 Å². The minimum absolute atomic E-state index is 0.123. The molecule has 0 atom stereocenters. The van der Waals surface area contributed by atoms with Gasteiger partial charge in [0.05, 0.1) is 5.60 Å².